The highest BCUT2D eigenvalue weighted by Crippen LogP contribution is 2.08. The van der Waals surface area contributed by atoms with E-state index >= 15 is 0 Å². The SMILES string of the molecule is CC(C)(C)OC(=O)CNc1nc(N)nc(Cl)n1. The molecule has 1 aromatic heterocycles. The van der Waals surface area contributed by atoms with E-state index in [0.29, 0.717) is 0 Å². The van der Waals surface area contributed by atoms with Gasteiger partial charge in [-0.2, -0.15) is 15.0 Å². The molecular weight excluding hydrogens is 246 g/mol. The molecule has 0 fully saturated rings. The van der Waals surface area contributed by atoms with Gasteiger partial charge in [-0.3, -0.25) is 4.79 Å². The first-order valence-corrected chi connectivity index (χ1v) is 5.27. The topological polar surface area (TPSA) is 103 Å². The number of hydrogen-bond donors (Lipinski definition) is 2. The summed E-state index contributed by atoms with van der Waals surface area (Å²) in [6.45, 7) is 5.27. The lowest BCUT2D eigenvalue weighted by Crippen LogP contribution is -2.28. The molecule has 0 bridgehead atoms. The Kier molecular flexibility index (Phi) is 4.06. The third-order valence-electron chi connectivity index (χ3n) is 1.44. The average molecular weight is 260 g/mol. The number of nitrogen functional groups attached to an aromatic ring is 1. The summed E-state index contributed by atoms with van der Waals surface area (Å²) in [5.74, 6) is -0.308. The summed E-state index contributed by atoms with van der Waals surface area (Å²) in [4.78, 5) is 22.5. The lowest BCUT2D eigenvalue weighted by molar-refractivity contribution is -0.152. The number of hydrogen-bond acceptors (Lipinski definition) is 7. The predicted molar refractivity (Wildman–Crippen MR) is 63.6 cm³/mol. The minimum absolute atomic E-state index is 0.0170. The molecule has 0 saturated carbocycles. The molecule has 0 amide bonds. The smallest absolute Gasteiger partial charge is 0.325 e. The van der Waals surface area contributed by atoms with Crippen LogP contribution in [-0.4, -0.2) is 33.1 Å². The van der Waals surface area contributed by atoms with Crippen LogP contribution in [0, 0.1) is 0 Å². The van der Waals surface area contributed by atoms with Crippen molar-refractivity contribution in [3.8, 4) is 0 Å². The summed E-state index contributed by atoms with van der Waals surface area (Å²) >= 11 is 5.57. The Morgan fingerprint density at radius 2 is 2.06 bits per heavy atom. The number of carbonyl (C=O) groups excluding carboxylic acids is 1. The number of aromatic nitrogens is 3. The highest BCUT2D eigenvalue weighted by molar-refractivity contribution is 6.28. The lowest BCUT2D eigenvalue weighted by Gasteiger charge is -2.19. The minimum Gasteiger partial charge on any atom is -0.459 e. The van der Waals surface area contributed by atoms with E-state index < -0.39 is 11.6 Å². The van der Waals surface area contributed by atoms with Crippen molar-refractivity contribution < 1.29 is 9.53 Å². The Balaban J connectivity index is 2.53. The van der Waals surface area contributed by atoms with Gasteiger partial charge in [0.25, 0.3) is 0 Å². The summed E-state index contributed by atoms with van der Waals surface area (Å²) in [7, 11) is 0. The quantitative estimate of drug-likeness (QED) is 0.776. The van der Waals surface area contributed by atoms with Crippen LogP contribution in [0.3, 0.4) is 0 Å². The fraction of sp³-hybridized carbons (Fsp3) is 0.556. The Hall–Kier alpha value is -1.63. The van der Waals surface area contributed by atoms with E-state index in [1.54, 1.807) is 20.8 Å². The van der Waals surface area contributed by atoms with Crippen molar-refractivity contribution in [3.63, 3.8) is 0 Å². The van der Waals surface area contributed by atoms with Gasteiger partial charge in [-0.05, 0) is 32.4 Å². The molecule has 1 heterocycles. The van der Waals surface area contributed by atoms with Gasteiger partial charge in [0.15, 0.2) is 0 Å². The zero-order chi connectivity index (χ0) is 13.1. The number of nitrogens with two attached hydrogens (primary N) is 1. The van der Waals surface area contributed by atoms with Gasteiger partial charge in [-0.15, -0.1) is 0 Å². The van der Waals surface area contributed by atoms with Crippen LogP contribution in [0.5, 0.6) is 0 Å². The number of rotatable bonds is 3. The van der Waals surface area contributed by atoms with E-state index in [-0.39, 0.29) is 23.7 Å². The highest BCUT2D eigenvalue weighted by Gasteiger charge is 2.16. The van der Waals surface area contributed by atoms with Gasteiger partial charge in [0.2, 0.25) is 17.2 Å². The van der Waals surface area contributed by atoms with Gasteiger partial charge in [0.05, 0.1) is 0 Å². The number of ether oxygens (including phenoxy) is 1. The molecule has 0 aliphatic rings. The second kappa shape index (κ2) is 5.13. The molecule has 1 aromatic rings. The molecule has 0 radical (unpaired) electrons. The molecule has 0 spiro atoms. The van der Waals surface area contributed by atoms with Crippen molar-refractivity contribution in [3.05, 3.63) is 5.28 Å². The molecular formula is C9H14ClN5O2. The van der Waals surface area contributed by atoms with Gasteiger partial charge in [0, 0.05) is 0 Å². The van der Waals surface area contributed by atoms with Gasteiger partial charge in [0.1, 0.15) is 12.1 Å². The normalized spacial score (nSPS) is 11.1. The van der Waals surface area contributed by atoms with Crippen molar-refractivity contribution in [1.82, 2.24) is 15.0 Å². The fourth-order valence-corrected chi connectivity index (χ4v) is 1.14. The molecule has 8 heteroatoms. The Labute approximate surface area is 104 Å². The number of anilines is 2. The van der Waals surface area contributed by atoms with Crippen molar-refractivity contribution in [2.24, 2.45) is 0 Å². The summed E-state index contributed by atoms with van der Waals surface area (Å²) in [6.07, 6.45) is 0. The van der Waals surface area contributed by atoms with Crippen LogP contribution in [0.15, 0.2) is 0 Å². The van der Waals surface area contributed by atoms with Crippen LogP contribution < -0.4 is 11.1 Å². The monoisotopic (exact) mass is 259 g/mol. The third kappa shape index (κ3) is 5.30. The average Bonchev–Trinajstić information content (AvgIpc) is 2.10. The van der Waals surface area contributed by atoms with Crippen LogP contribution in [0.2, 0.25) is 5.28 Å². The van der Waals surface area contributed by atoms with Crippen molar-refractivity contribution in [2.45, 2.75) is 26.4 Å². The standard InChI is InChI=1S/C9H14ClN5O2/c1-9(2,3)17-5(16)4-12-8-14-6(10)13-7(11)15-8/h4H2,1-3H3,(H3,11,12,13,14,15). The van der Waals surface area contributed by atoms with Crippen molar-refractivity contribution in [2.75, 3.05) is 17.6 Å². The zero-order valence-electron chi connectivity index (χ0n) is 9.82. The number of esters is 1. The number of halogens is 1. The van der Waals surface area contributed by atoms with Gasteiger partial charge < -0.3 is 15.8 Å². The second-order valence-electron chi connectivity index (χ2n) is 4.23. The lowest BCUT2D eigenvalue weighted by atomic mass is 10.2. The van der Waals surface area contributed by atoms with Gasteiger partial charge in [-0.25, -0.2) is 0 Å². The molecule has 3 N–H and O–H groups in total. The highest BCUT2D eigenvalue weighted by atomic mass is 35.5. The molecule has 17 heavy (non-hydrogen) atoms. The maximum Gasteiger partial charge on any atom is 0.325 e. The number of nitrogens with one attached hydrogen (secondary N) is 1. The maximum atomic E-state index is 11.4. The molecule has 7 nitrogen and oxygen atoms in total. The molecule has 0 atom stereocenters. The van der Waals surface area contributed by atoms with Crippen LogP contribution >= 0.6 is 11.6 Å². The van der Waals surface area contributed by atoms with E-state index in [2.05, 4.69) is 20.3 Å². The number of nitrogens with zero attached hydrogens (tertiary/aromatic N) is 3. The molecule has 94 valence electrons. The van der Waals surface area contributed by atoms with E-state index in [9.17, 15) is 4.79 Å². The summed E-state index contributed by atoms with van der Waals surface area (Å²) in [6, 6.07) is 0. The fourth-order valence-electron chi connectivity index (χ4n) is 0.973. The largest absolute Gasteiger partial charge is 0.459 e. The molecule has 1 rings (SSSR count). The van der Waals surface area contributed by atoms with Crippen LogP contribution in [-0.2, 0) is 9.53 Å². The Bertz CT molecular complexity index is 398. The molecule has 0 unspecified atom stereocenters. The first-order chi connectivity index (χ1) is 7.76. The Morgan fingerprint density at radius 3 is 2.59 bits per heavy atom. The van der Waals surface area contributed by atoms with E-state index in [4.69, 9.17) is 22.1 Å². The molecule has 0 aliphatic heterocycles. The summed E-state index contributed by atoms with van der Waals surface area (Å²) in [5, 5.41) is 2.61. The van der Waals surface area contributed by atoms with E-state index in [0.717, 1.165) is 0 Å². The van der Waals surface area contributed by atoms with Crippen molar-refractivity contribution in [1.29, 1.82) is 0 Å². The third-order valence-corrected chi connectivity index (χ3v) is 1.61. The van der Waals surface area contributed by atoms with E-state index in [1.165, 1.54) is 0 Å². The van der Waals surface area contributed by atoms with Gasteiger partial charge in [-0.1, -0.05) is 0 Å². The van der Waals surface area contributed by atoms with Crippen molar-refractivity contribution >= 4 is 29.5 Å². The predicted octanol–water partition coefficient (Wildman–Crippen LogP) is 0.861. The zero-order valence-corrected chi connectivity index (χ0v) is 10.6. The molecule has 0 aromatic carbocycles. The molecule has 0 aliphatic carbocycles. The first-order valence-electron chi connectivity index (χ1n) is 4.89. The Morgan fingerprint density at radius 1 is 1.41 bits per heavy atom. The van der Waals surface area contributed by atoms with Crippen LogP contribution in [0.4, 0.5) is 11.9 Å². The summed E-state index contributed by atoms with van der Waals surface area (Å²) < 4.78 is 5.08. The summed E-state index contributed by atoms with van der Waals surface area (Å²) in [5.41, 5.74) is 4.83. The van der Waals surface area contributed by atoms with Crippen LogP contribution in [0.1, 0.15) is 20.8 Å². The molecule has 0 saturated heterocycles. The maximum absolute atomic E-state index is 11.4. The van der Waals surface area contributed by atoms with Crippen LogP contribution in [0.25, 0.3) is 0 Å². The van der Waals surface area contributed by atoms with Gasteiger partial charge >= 0.3 is 5.97 Å². The van der Waals surface area contributed by atoms with E-state index in [1.807, 2.05) is 0 Å². The second-order valence-corrected chi connectivity index (χ2v) is 4.56. The number of carbonyl (C=O) groups is 1. The first kappa shape index (κ1) is 13.4. The minimum atomic E-state index is -0.533.